The molecule has 1 saturated heterocycles. The minimum Gasteiger partial charge on any atom is -0.457 e. The molecule has 2 rings (SSSR count). The van der Waals surface area contributed by atoms with Gasteiger partial charge in [0, 0.05) is 11.5 Å². The molecule has 1 aliphatic rings. The molecule has 1 aromatic rings. The molecule has 0 aliphatic carbocycles. The molecule has 1 heterocycles. The number of carbonyl (C=O) groups excluding carboxylic acids is 1. The highest BCUT2D eigenvalue weighted by Crippen LogP contribution is 2.19. The maximum Gasteiger partial charge on any atom is 0.338 e. The first-order valence-corrected chi connectivity index (χ1v) is 8.09. The van der Waals surface area contributed by atoms with Gasteiger partial charge in [0.2, 0.25) is 0 Å². The maximum absolute atomic E-state index is 11.9. The molecule has 1 aliphatic heterocycles. The van der Waals surface area contributed by atoms with Gasteiger partial charge in [-0.05, 0) is 30.1 Å². The van der Waals surface area contributed by atoms with Gasteiger partial charge in [-0.3, -0.25) is 0 Å². The van der Waals surface area contributed by atoms with Crippen LogP contribution in [0.3, 0.4) is 0 Å². The van der Waals surface area contributed by atoms with Gasteiger partial charge in [0.05, 0.1) is 5.56 Å². The van der Waals surface area contributed by atoms with Crippen LogP contribution in [0.1, 0.15) is 16.8 Å². The van der Waals surface area contributed by atoms with Gasteiger partial charge in [-0.1, -0.05) is 18.2 Å². The van der Waals surface area contributed by atoms with E-state index in [0.717, 1.165) is 11.5 Å². The van der Waals surface area contributed by atoms with Crippen molar-refractivity contribution in [2.75, 3.05) is 23.0 Å². The highest BCUT2D eigenvalue weighted by atomic mass is 32.2. The fourth-order valence-electron chi connectivity index (χ4n) is 1.60. The van der Waals surface area contributed by atoms with Crippen molar-refractivity contribution in [1.82, 2.24) is 0 Å². The smallest absolute Gasteiger partial charge is 0.338 e. The lowest BCUT2D eigenvalue weighted by Gasteiger charge is -2.19. The molecular weight excluding hydrogens is 252 g/mol. The normalized spacial score (nSPS) is 18.1. The molecule has 0 radical (unpaired) electrons. The number of rotatable bonds is 2. The van der Waals surface area contributed by atoms with Crippen LogP contribution in [0.4, 0.5) is 0 Å². The number of hydrogen-bond donors (Lipinski definition) is 0. The zero-order valence-corrected chi connectivity index (χ0v) is 11.3. The molecule has 4 heteroatoms. The van der Waals surface area contributed by atoms with Crippen LogP contribution in [-0.4, -0.2) is 35.1 Å². The summed E-state index contributed by atoms with van der Waals surface area (Å²) in [6.45, 7) is 0. The van der Waals surface area contributed by atoms with E-state index in [1.54, 1.807) is 12.1 Å². The number of carbonyl (C=O) groups is 1. The van der Waals surface area contributed by atoms with Crippen molar-refractivity contribution in [3.8, 4) is 0 Å². The van der Waals surface area contributed by atoms with Crippen molar-refractivity contribution in [1.29, 1.82) is 0 Å². The van der Waals surface area contributed by atoms with E-state index in [-0.39, 0.29) is 12.1 Å². The van der Waals surface area contributed by atoms with E-state index in [0.29, 0.717) is 5.56 Å². The van der Waals surface area contributed by atoms with Crippen molar-refractivity contribution < 1.29 is 9.53 Å². The summed E-state index contributed by atoms with van der Waals surface area (Å²) in [5.41, 5.74) is 0.643. The second-order valence-electron chi connectivity index (χ2n) is 3.90. The zero-order chi connectivity index (χ0) is 11.9. The third kappa shape index (κ3) is 4.28. The van der Waals surface area contributed by atoms with E-state index in [2.05, 4.69) is 0 Å². The van der Waals surface area contributed by atoms with Crippen LogP contribution in [0, 0.1) is 0 Å². The fraction of sp³-hybridized carbons (Fsp3) is 0.462. The van der Waals surface area contributed by atoms with Gasteiger partial charge < -0.3 is 4.74 Å². The van der Waals surface area contributed by atoms with Crippen LogP contribution in [0.2, 0.25) is 0 Å². The second-order valence-corrected chi connectivity index (χ2v) is 6.20. The maximum atomic E-state index is 11.9. The zero-order valence-electron chi connectivity index (χ0n) is 9.63. The summed E-state index contributed by atoms with van der Waals surface area (Å²) in [6, 6.07) is 9.21. The van der Waals surface area contributed by atoms with Crippen molar-refractivity contribution in [3.63, 3.8) is 0 Å². The molecule has 1 fully saturated rings. The Labute approximate surface area is 111 Å². The summed E-state index contributed by atoms with van der Waals surface area (Å²) in [4.78, 5) is 11.9. The lowest BCUT2D eigenvalue weighted by molar-refractivity contribution is 0.0394. The van der Waals surface area contributed by atoms with E-state index >= 15 is 0 Å². The van der Waals surface area contributed by atoms with Crippen molar-refractivity contribution >= 4 is 29.5 Å². The summed E-state index contributed by atoms with van der Waals surface area (Å²) >= 11 is 3.77. The number of ether oxygens (including phenoxy) is 1. The quantitative estimate of drug-likeness (QED) is 0.770. The van der Waals surface area contributed by atoms with Crippen LogP contribution < -0.4 is 0 Å². The van der Waals surface area contributed by atoms with Crippen molar-refractivity contribution in [2.45, 2.75) is 12.5 Å². The third-order valence-electron chi connectivity index (χ3n) is 2.47. The van der Waals surface area contributed by atoms with Gasteiger partial charge in [0.25, 0.3) is 0 Å². The first kappa shape index (κ1) is 12.8. The average molecular weight is 268 g/mol. The molecule has 92 valence electrons. The largest absolute Gasteiger partial charge is 0.457 e. The second kappa shape index (κ2) is 6.97. The molecule has 0 saturated carbocycles. The predicted octanol–water partition coefficient (Wildman–Crippen LogP) is 3.08. The van der Waals surface area contributed by atoms with Gasteiger partial charge in [-0.25, -0.2) is 4.79 Å². The Hall–Kier alpha value is -0.610. The van der Waals surface area contributed by atoms with Gasteiger partial charge in [-0.15, -0.1) is 0 Å². The summed E-state index contributed by atoms with van der Waals surface area (Å²) in [7, 11) is 0. The van der Waals surface area contributed by atoms with Crippen molar-refractivity contribution in [2.24, 2.45) is 0 Å². The van der Waals surface area contributed by atoms with Crippen molar-refractivity contribution in [3.05, 3.63) is 35.9 Å². The number of benzene rings is 1. The fourth-order valence-corrected chi connectivity index (χ4v) is 3.86. The third-order valence-corrected chi connectivity index (χ3v) is 4.84. The number of esters is 1. The van der Waals surface area contributed by atoms with E-state index in [1.165, 1.54) is 17.9 Å². The molecule has 17 heavy (non-hydrogen) atoms. The topological polar surface area (TPSA) is 26.3 Å². The van der Waals surface area contributed by atoms with E-state index in [9.17, 15) is 4.79 Å². The Bertz CT molecular complexity index is 346. The minimum absolute atomic E-state index is 0.0537. The van der Waals surface area contributed by atoms with Crippen LogP contribution >= 0.6 is 23.5 Å². The van der Waals surface area contributed by atoms with Gasteiger partial charge in [0.15, 0.2) is 0 Å². The Morgan fingerprint density at radius 2 is 1.76 bits per heavy atom. The Morgan fingerprint density at radius 3 is 2.41 bits per heavy atom. The molecule has 0 amide bonds. The molecule has 2 nitrogen and oxygen atoms in total. The molecule has 0 unspecified atom stereocenters. The number of hydrogen-bond acceptors (Lipinski definition) is 4. The average Bonchev–Trinajstić information content (AvgIpc) is 2.33. The van der Waals surface area contributed by atoms with E-state index < -0.39 is 0 Å². The predicted molar refractivity (Wildman–Crippen MR) is 74.9 cm³/mol. The van der Waals surface area contributed by atoms with Crippen LogP contribution in [0.25, 0.3) is 0 Å². The highest BCUT2D eigenvalue weighted by Gasteiger charge is 2.17. The molecule has 1 aromatic carbocycles. The molecule has 0 bridgehead atoms. The monoisotopic (exact) mass is 268 g/mol. The summed E-state index contributed by atoms with van der Waals surface area (Å²) in [5.74, 6) is 3.99. The van der Waals surface area contributed by atoms with Gasteiger partial charge in [-0.2, -0.15) is 23.5 Å². The summed E-state index contributed by atoms with van der Waals surface area (Å²) in [5, 5.41) is 0. The summed E-state index contributed by atoms with van der Waals surface area (Å²) < 4.78 is 5.53. The highest BCUT2D eigenvalue weighted by molar-refractivity contribution is 8.00. The van der Waals surface area contributed by atoms with E-state index in [4.69, 9.17) is 4.74 Å². The Balaban J connectivity index is 1.88. The molecule has 0 N–H and O–H groups in total. The van der Waals surface area contributed by atoms with Gasteiger partial charge >= 0.3 is 5.97 Å². The summed E-state index contributed by atoms with van der Waals surface area (Å²) in [6.07, 6.45) is 1.31. The van der Waals surface area contributed by atoms with Crippen LogP contribution in [0.5, 0.6) is 0 Å². The first-order valence-electron chi connectivity index (χ1n) is 5.78. The lowest BCUT2D eigenvalue weighted by atomic mass is 10.2. The van der Waals surface area contributed by atoms with Crippen LogP contribution in [-0.2, 0) is 4.74 Å². The van der Waals surface area contributed by atoms with Gasteiger partial charge in [0.1, 0.15) is 6.10 Å². The molecule has 0 atom stereocenters. The molecule has 0 aromatic heterocycles. The minimum atomic E-state index is -0.197. The Morgan fingerprint density at radius 1 is 1.12 bits per heavy atom. The lowest BCUT2D eigenvalue weighted by Crippen LogP contribution is -2.24. The number of thioether (sulfide) groups is 2. The SMILES string of the molecule is O=C(OC1CSCCCSC1)c1ccccc1. The molecular formula is C13H16O2S2. The molecule has 0 spiro atoms. The first-order chi connectivity index (χ1) is 8.36. The van der Waals surface area contributed by atoms with Crippen LogP contribution in [0.15, 0.2) is 30.3 Å². The standard InChI is InChI=1S/C13H16O2S2/c14-13(11-5-2-1-3-6-11)15-12-9-16-7-4-8-17-10-12/h1-3,5-6,12H,4,7-10H2. The Kier molecular flexibility index (Phi) is 5.26. The van der Waals surface area contributed by atoms with E-state index in [1.807, 2.05) is 41.7 Å².